The fourth-order valence-corrected chi connectivity index (χ4v) is 2.16. The highest BCUT2D eigenvalue weighted by Gasteiger charge is 2.17. The summed E-state index contributed by atoms with van der Waals surface area (Å²) in [6.07, 6.45) is 2.86. The predicted octanol–water partition coefficient (Wildman–Crippen LogP) is 2.52. The molecule has 2 rings (SSSR count). The summed E-state index contributed by atoms with van der Waals surface area (Å²) in [6, 6.07) is 7.89. The number of rotatable bonds is 4. The maximum Gasteiger partial charge on any atom is 0.221 e. The van der Waals surface area contributed by atoms with Crippen LogP contribution < -0.4 is 10.6 Å². The molecule has 0 bridgehead atoms. The Kier molecular flexibility index (Phi) is 6.47. The van der Waals surface area contributed by atoms with Crippen LogP contribution in [0.5, 0.6) is 0 Å². The zero-order valence-corrected chi connectivity index (χ0v) is 11.7. The summed E-state index contributed by atoms with van der Waals surface area (Å²) in [5, 5.41) is 6.96. The van der Waals surface area contributed by atoms with Gasteiger partial charge in [-0.2, -0.15) is 0 Å². The predicted molar refractivity (Wildman–Crippen MR) is 76.2 cm³/mol. The molecule has 1 fully saturated rings. The summed E-state index contributed by atoms with van der Waals surface area (Å²) in [5.41, 5.74) is 1.07. The third kappa shape index (κ3) is 4.84. The van der Waals surface area contributed by atoms with E-state index in [9.17, 15) is 4.79 Å². The molecule has 1 aliphatic heterocycles. The van der Waals surface area contributed by atoms with Crippen molar-refractivity contribution in [1.29, 1.82) is 0 Å². The molecule has 1 aromatic carbocycles. The number of benzene rings is 1. The van der Waals surface area contributed by atoms with E-state index in [1.54, 1.807) is 0 Å². The molecule has 0 aliphatic carbocycles. The molecule has 18 heavy (non-hydrogen) atoms. The third-order valence-corrected chi connectivity index (χ3v) is 3.25. The van der Waals surface area contributed by atoms with E-state index < -0.39 is 0 Å². The molecule has 1 saturated heterocycles. The second-order valence-corrected chi connectivity index (χ2v) is 4.84. The molecule has 5 heteroatoms. The maximum absolute atomic E-state index is 11.7. The zero-order chi connectivity index (χ0) is 12.1. The molecule has 1 aliphatic rings. The van der Waals surface area contributed by atoms with Crippen molar-refractivity contribution in [3.63, 3.8) is 0 Å². The van der Waals surface area contributed by atoms with Crippen molar-refractivity contribution in [3.8, 4) is 0 Å². The highest BCUT2D eigenvalue weighted by atomic mass is 35.5. The summed E-state index contributed by atoms with van der Waals surface area (Å²) in [5.74, 6) is 0.111. The van der Waals surface area contributed by atoms with Gasteiger partial charge in [0.1, 0.15) is 0 Å². The van der Waals surface area contributed by atoms with Crippen molar-refractivity contribution in [2.75, 3.05) is 6.54 Å². The van der Waals surface area contributed by atoms with Crippen molar-refractivity contribution in [3.05, 3.63) is 34.9 Å². The Balaban J connectivity index is 0.00000162. The number of halogens is 2. The van der Waals surface area contributed by atoms with Gasteiger partial charge in [0.05, 0.1) is 0 Å². The Bertz CT molecular complexity index is 375. The van der Waals surface area contributed by atoms with Crippen molar-refractivity contribution < 1.29 is 4.79 Å². The van der Waals surface area contributed by atoms with Crippen molar-refractivity contribution in [2.24, 2.45) is 0 Å². The first-order chi connectivity index (χ1) is 8.24. The lowest BCUT2D eigenvalue weighted by Crippen LogP contribution is -2.31. The molecular formula is C13H18Cl2N2O. The molecule has 3 nitrogen and oxygen atoms in total. The minimum absolute atomic E-state index is 0. The molecule has 0 spiro atoms. The molecule has 0 radical (unpaired) electrons. The third-order valence-electron chi connectivity index (χ3n) is 3.00. The Morgan fingerprint density at radius 3 is 2.72 bits per heavy atom. The SMILES string of the molecule is Cl.O=C(CC1CCCN1)NCc1ccc(Cl)cc1. The van der Waals surface area contributed by atoms with Gasteiger partial charge in [0, 0.05) is 24.0 Å². The van der Waals surface area contributed by atoms with Crippen LogP contribution in [0.25, 0.3) is 0 Å². The molecule has 1 atom stereocenters. The second-order valence-electron chi connectivity index (χ2n) is 4.40. The number of carbonyl (C=O) groups excluding carboxylic acids is 1. The fraction of sp³-hybridized carbons (Fsp3) is 0.462. The number of amides is 1. The van der Waals surface area contributed by atoms with E-state index in [0.29, 0.717) is 19.0 Å². The molecule has 100 valence electrons. The summed E-state index contributed by atoms with van der Waals surface area (Å²) < 4.78 is 0. The van der Waals surface area contributed by atoms with Crippen molar-refractivity contribution in [2.45, 2.75) is 31.8 Å². The molecule has 1 amide bonds. The van der Waals surface area contributed by atoms with Crippen LogP contribution in [0.3, 0.4) is 0 Å². The smallest absolute Gasteiger partial charge is 0.221 e. The van der Waals surface area contributed by atoms with E-state index in [-0.39, 0.29) is 18.3 Å². The average molecular weight is 289 g/mol. The van der Waals surface area contributed by atoms with Crippen LogP contribution in [0.1, 0.15) is 24.8 Å². The standard InChI is InChI=1S/C13H17ClN2O.ClH/c14-11-5-3-10(4-6-11)9-16-13(17)8-12-2-1-7-15-12;/h3-6,12,15H,1-2,7-9H2,(H,16,17);1H. The van der Waals surface area contributed by atoms with E-state index in [2.05, 4.69) is 10.6 Å². The fourth-order valence-electron chi connectivity index (χ4n) is 2.03. The minimum Gasteiger partial charge on any atom is -0.352 e. The van der Waals surface area contributed by atoms with Gasteiger partial charge in [-0.3, -0.25) is 4.79 Å². The van der Waals surface area contributed by atoms with Crippen LogP contribution in [-0.4, -0.2) is 18.5 Å². The molecule has 1 aromatic rings. The topological polar surface area (TPSA) is 41.1 Å². The quantitative estimate of drug-likeness (QED) is 0.894. The van der Waals surface area contributed by atoms with Gasteiger partial charge < -0.3 is 10.6 Å². The lowest BCUT2D eigenvalue weighted by atomic mass is 10.1. The second kappa shape index (κ2) is 7.62. The van der Waals surface area contributed by atoms with Gasteiger partial charge in [-0.15, -0.1) is 12.4 Å². The molecule has 0 saturated carbocycles. The van der Waals surface area contributed by atoms with Crippen LogP contribution >= 0.6 is 24.0 Å². The monoisotopic (exact) mass is 288 g/mol. The first-order valence-corrected chi connectivity index (χ1v) is 6.36. The number of nitrogens with one attached hydrogen (secondary N) is 2. The summed E-state index contributed by atoms with van der Waals surface area (Å²) in [7, 11) is 0. The summed E-state index contributed by atoms with van der Waals surface area (Å²) >= 11 is 5.79. The Labute approximate surface area is 119 Å². The largest absolute Gasteiger partial charge is 0.352 e. The van der Waals surface area contributed by atoms with Crippen LogP contribution in [0.4, 0.5) is 0 Å². The van der Waals surface area contributed by atoms with Crippen LogP contribution in [0.2, 0.25) is 5.02 Å². The van der Waals surface area contributed by atoms with Gasteiger partial charge in [-0.25, -0.2) is 0 Å². The first-order valence-electron chi connectivity index (χ1n) is 5.98. The van der Waals surface area contributed by atoms with E-state index in [1.807, 2.05) is 24.3 Å². The number of carbonyl (C=O) groups is 1. The highest BCUT2D eigenvalue weighted by Crippen LogP contribution is 2.10. The summed E-state index contributed by atoms with van der Waals surface area (Å²) in [4.78, 5) is 11.7. The van der Waals surface area contributed by atoms with Crippen molar-refractivity contribution in [1.82, 2.24) is 10.6 Å². The molecule has 2 N–H and O–H groups in total. The van der Waals surface area contributed by atoms with E-state index in [1.165, 1.54) is 6.42 Å². The lowest BCUT2D eigenvalue weighted by Gasteiger charge is -2.10. The van der Waals surface area contributed by atoms with E-state index >= 15 is 0 Å². The molecule has 1 unspecified atom stereocenters. The van der Waals surface area contributed by atoms with Crippen LogP contribution in [-0.2, 0) is 11.3 Å². The Morgan fingerprint density at radius 2 is 2.11 bits per heavy atom. The average Bonchev–Trinajstić information content (AvgIpc) is 2.81. The minimum atomic E-state index is 0. The molecule has 1 heterocycles. The Morgan fingerprint density at radius 1 is 1.39 bits per heavy atom. The lowest BCUT2D eigenvalue weighted by molar-refractivity contribution is -0.121. The van der Waals surface area contributed by atoms with Gasteiger partial charge in [-0.05, 0) is 37.1 Å². The van der Waals surface area contributed by atoms with Gasteiger partial charge in [-0.1, -0.05) is 23.7 Å². The van der Waals surface area contributed by atoms with E-state index in [4.69, 9.17) is 11.6 Å². The highest BCUT2D eigenvalue weighted by molar-refractivity contribution is 6.30. The van der Waals surface area contributed by atoms with Gasteiger partial charge in [0.25, 0.3) is 0 Å². The number of hydrogen-bond donors (Lipinski definition) is 2. The zero-order valence-electron chi connectivity index (χ0n) is 10.1. The Hall–Kier alpha value is -0.770. The van der Waals surface area contributed by atoms with Crippen LogP contribution in [0.15, 0.2) is 24.3 Å². The van der Waals surface area contributed by atoms with Gasteiger partial charge >= 0.3 is 0 Å². The number of hydrogen-bond acceptors (Lipinski definition) is 2. The van der Waals surface area contributed by atoms with E-state index in [0.717, 1.165) is 23.6 Å². The molecular weight excluding hydrogens is 271 g/mol. The molecule has 0 aromatic heterocycles. The first kappa shape index (κ1) is 15.3. The summed E-state index contributed by atoms with van der Waals surface area (Å²) in [6.45, 7) is 1.61. The van der Waals surface area contributed by atoms with Crippen LogP contribution in [0, 0.1) is 0 Å². The van der Waals surface area contributed by atoms with Gasteiger partial charge in [0.2, 0.25) is 5.91 Å². The van der Waals surface area contributed by atoms with Crippen molar-refractivity contribution >= 4 is 29.9 Å². The normalized spacial score (nSPS) is 18.2. The van der Waals surface area contributed by atoms with Gasteiger partial charge in [0.15, 0.2) is 0 Å². The maximum atomic E-state index is 11.7.